The van der Waals surface area contributed by atoms with E-state index in [4.69, 9.17) is 4.42 Å². The average Bonchev–Trinajstić information content (AvgIpc) is 2.91. The summed E-state index contributed by atoms with van der Waals surface area (Å²) in [6.45, 7) is -0.363. The Bertz CT molecular complexity index is 1020. The van der Waals surface area contributed by atoms with E-state index in [9.17, 15) is 18.8 Å². The Morgan fingerprint density at radius 2 is 2.00 bits per heavy atom. The lowest BCUT2D eigenvalue weighted by molar-refractivity contribution is -0.116. The highest BCUT2D eigenvalue weighted by Gasteiger charge is 2.16. The van der Waals surface area contributed by atoms with Gasteiger partial charge in [-0.2, -0.15) is 0 Å². The van der Waals surface area contributed by atoms with Gasteiger partial charge >= 0.3 is 11.7 Å². The van der Waals surface area contributed by atoms with Crippen molar-refractivity contribution in [2.24, 2.45) is 0 Å². The number of ether oxygens (including phenoxy) is 1. The van der Waals surface area contributed by atoms with Gasteiger partial charge in [-0.15, -0.1) is 0 Å². The summed E-state index contributed by atoms with van der Waals surface area (Å²) in [5, 5.41) is 2.39. The standard InChI is InChI=1S/C17H13FN2O5/c1-24-16(22)10-6-7-13-14(8-10)25-17(23)20(13)9-15(21)19-12-5-3-2-4-11(12)18/h2-8H,9H2,1H3,(H,19,21). The maximum atomic E-state index is 13.6. The largest absolute Gasteiger partial charge is 0.465 e. The van der Waals surface area contributed by atoms with Gasteiger partial charge in [-0.05, 0) is 30.3 Å². The molecule has 0 radical (unpaired) electrons. The second-order valence-corrected chi connectivity index (χ2v) is 5.16. The molecular weight excluding hydrogens is 331 g/mol. The molecule has 1 amide bonds. The minimum absolute atomic E-state index is 0.0151. The van der Waals surface area contributed by atoms with E-state index < -0.39 is 23.4 Å². The second-order valence-electron chi connectivity index (χ2n) is 5.16. The van der Waals surface area contributed by atoms with E-state index in [1.165, 1.54) is 43.5 Å². The van der Waals surface area contributed by atoms with Crippen molar-refractivity contribution in [2.75, 3.05) is 12.4 Å². The lowest BCUT2D eigenvalue weighted by Gasteiger charge is -2.06. The predicted octanol–water partition coefficient (Wildman–Crippen LogP) is 2.16. The Morgan fingerprint density at radius 3 is 2.72 bits per heavy atom. The molecule has 1 N–H and O–H groups in total. The van der Waals surface area contributed by atoms with E-state index in [0.717, 1.165) is 4.57 Å². The molecule has 25 heavy (non-hydrogen) atoms. The highest BCUT2D eigenvalue weighted by atomic mass is 19.1. The highest BCUT2D eigenvalue weighted by Crippen LogP contribution is 2.17. The molecule has 0 aliphatic rings. The van der Waals surface area contributed by atoms with E-state index in [-0.39, 0.29) is 23.4 Å². The molecule has 0 aliphatic heterocycles. The van der Waals surface area contributed by atoms with Gasteiger partial charge in [-0.1, -0.05) is 12.1 Å². The molecule has 3 rings (SSSR count). The topological polar surface area (TPSA) is 90.5 Å². The van der Waals surface area contributed by atoms with Crippen LogP contribution in [0.5, 0.6) is 0 Å². The Morgan fingerprint density at radius 1 is 1.24 bits per heavy atom. The van der Waals surface area contributed by atoms with Gasteiger partial charge in [0.25, 0.3) is 0 Å². The van der Waals surface area contributed by atoms with Crippen LogP contribution in [0.3, 0.4) is 0 Å². The molecular formula is C17H13FN2O5. The summed E-state index contributed by atoms with van der Waals surface area (Å²) >= 11 is 0. The van der Waals surface area contributed by atoms with Crippen LogP contribution in [-0.4, -0.2) is 23.6 Å². The summed E-state index contributed by atoms with van der Waals surface area (Å²) in [7, 11) is 1.24. The Kier molecular flexibility index (Phi) is 4.34. The van der Waals surface area contributed by atoms with Crippen molar-refractivity contribution < 1.29 is 23.1 Å². The van der Waals surface area contributed by atoms with Gasteiger partial charge in [0.1, 0.15) is 12.4 Å². The molecule has 2 aromatic carbocycles. The fraction of sp³-hybridized carbons (Fsp3) is 0.118. The van der Waals surface area contributed by atoms with Gasteiger partial charge in [-0.25, -0.2) is 14.0 Å². The van der Waals surface area contributed by atoms with Crippen molar-refractivity contribution >= 4 is 28.7 Å². The van der Waals surface area contributed by atoms with Crippen LogP contribution in [0.2, 0.25) is 0 Å². The summed E-state index contributed by atoms with van der Waals surface area (Å²) in [6.07, 6.45) is 0. The molecule has 0 spiro atoms. The molecule has 128 valence electrons. The number of oxazole rings is 1. The van der Waals surface area contributed by atoms with Gasteiger partial charge in [0, 0.05) is 0 Å². The number of esters is 1. The number of halogens is 1. The average molecular weight is 344 g/mol. The Balaban J connectivity index is 1.87. The van der Waals surface area contributed by atoms with Gasteiger partial charge in [0.05, 0.1) is 23.9 Å². The fourth-order valence-corrected chi connectivity index (χ4v) is 2.36. The molecule has 1 aromatic heterocycles. The van der Waals surface area contributed by atoms with Crippen molar-refractivity contribution in [3.8, 4) is 0 Å². The lowest BCUT2D eigenvalue weighted by Crippen LogP contribution is -2.25. The van der Waals surface area contributed by atoms with E-state index >= 15 is 0 Å². The molecule has 1 heterocycles. The van der Waals surface area contributed by atoms with Crippen LogP contribution in [0.1, 0.15) is 10.4 Å². The quantitative estimate of drug-likeness (QED) is 0.733. The number of nitrogens with zero attached hydrogens (tertiary/aromatic N) is 1. The zero-order valence-corrected chi connectivity index (χ0v) is 13.1. The van der Waals surface area contributed by atoms with Gasteiger partial charge in [0.15, 0.2) is 5.58 Å². The van der Waals surface area contributed by atoms with Crippen molar-refractivity contribution in [3.63, 3.8) is 0 Å². The van der Waals surface area contributed by atoms with Crippen LogP contribution in [0.15, 0.2) is 51.7 Å². The van der Waals surface area contributed by atoms with Crippen LogP contribution in [0.25, 0.3) is 11.1 Å². The predicted molar refractivity (Wildman–Crippen MR) is 86.8 cm³/mol. The zero-order chi connectivity index (χ0) is 18.0. The highest BCUT2D eigenvalue weighted by molar-refractivity contribution is 5.94. The summed E-state index contributed by atoms with van der Waals surface area (Å²) in [6, 6.07) is 9.98. The molecule has 3 aromatic rings. The number of hydrogen-bond acceptors (Lipinski definition) is 5. The number of benzene rings is 2. The summed E-state index contributed by atoms with van der Waals surface area (Å²) in [4.78, 5) is 35.6. The van der Waals surface area contributed by atoms with Crippen molar-refractivity contribution in [1.29, 1.82) is 0 Å². The van der Waals surface area contributed by atoms with Gasteiger partial charge < -0.3 is 14.5 Å². The third-order valence-electron chi connectivity index (χ3n) is 3.54. The van der Waals surface area contributed by atoms with Crippen molar-refractivity contribution in [2.45, 2.75) is 6.54 Å². The number of aromatic nitrogens is 1. The van der Waals surface area contributed by atoms with E-state index in [2.05, 4.69) is 10.1 Å². The van der Waals surface area contributed by atoms with Crippen LogP contribution >= 0.6 is 0 Å². The van der Waals surface area contributed by atoms with E-state index in [1.807, 2.05) is 0 Å². The van der Waals surface area contributed by atoms with Crippen molar-refractivity contribution in [3.05, 3.63) is 64.4 Å². The number of anilines is 1. The number of hydrogen-bond donors (Lipinski definition) is 1. The number of carbonyl (C=O) groups is 2. The molecule has 0 atom stereocenters. The third kappa shape index (κ3) is 3.27. The SMILES string of the molecule is COC(=O)c1ccc2c(c1)oc(=O)n2CC(=O)Nc1ccccc1F. The minimum atomic E-state index is -0.763. The number of nitrogens with one attached hydrogen (secondary N) is 1. The first-order chi connectivity index (χ1) is 12.0. The molecule has 0 aliphatic carbocycles. The summed E-state index contributed by atoms with van der Waals surface area (Å²) in [5.74, 6) is -2.51. The van der Waals surface area contributed by atoms with Crippen LogP contribution in [-0.2, 0) is 16.1 Å². The Labute approximate surface area is 140 Å². The summed E-state index contributed by atoms with van der Waals surface area (Å²) < 4.78 is 24.3. The molecule has 0 bridgehead atoms. The molecule has 0 unspecified atom stereocenters. The Hall–Kier alpha value is -3.42. The number of rotatable bonds is 4. The zero-order valence-electron chi connectivity index (χ0n) is 13.1. The first kappa shape index (κ1) is 16.4. The fourth-order valence-electron chi connectivity index (χ4n) is 2.36. The number of carbonyl (C=O) groups excluding carboxylic acids is 2. The van der Waals surface area contributed by atoms with E-state index in [0.29, 0.717) is 5.52 Å². The number of para-hydroxylation sites is 1. The molecule has 7 nitrogen and oxygen atoms in total. The lowest BCUT2D eigenvalue weighted by atomic mass is 10.2. The molecule has 0 saturated heterocycles. The minimum Gasteiger partial charge on any atom is -0.465 e. The second kappa shape index (κ2) is 6.60. The summed E-state index contributed by atoms with van der Waals surface area (Å²) in [5.41, 5.74) is 0.709. The first-order valence-corrected chi connectivity index (χ1v) is 7.25. The number of amides is 1. The van der Waals surface area contributed by atoms with Gasteiger partial charge in [0.2, 0.25) is 5.91 Å². The van der Waals surface area contributed by atoms with Crippen LogP contribution in [0, 0.1) is 5.82 Å². The smallest absolute Gasteiger partial charge is 0.420 e. The van der Waals surface area contributed by atoms with Crippen LogP contribution in [0.4, 0.5) is 10.1 Å². The first-order valence-electron chi connectivity index (χ1n) is 7.25. The normalized spacial score (nSPS) is 10.6. The van der Waals surface area contributed by atoms with Gasteiger partial charge in [-0.3, -0.25) is 9.36 Å². The maximum Gasteiger partial charge on any atom is 0.420 e. The maximum absolute atomic E-state index is 13.6. The molecule has 0 saturated carbocycles. The molecule has 0 fully saturated rings. The molecule has 8 heteroatoms. The van der Waals surface area contributed by atoms with Crippen LogP contribution < -0.4 is 11.1 Å². The number of fused-ring (bicyclic) bond motifs is 1. The monoisotopic (exact) mass is 344 g/mol. The number of methoxy groups -OCH3 is 1. The van der Waals surface area contributed by atoms with Crippen molar-refractivity contribution in [1.82, 2.24) is 4.57 Å². The van der Waals surface area contributed by atoms with E-state index in [1.54, 1.807) is 6.07 Å². The third-order valence-corrected chi connectivity index (χ3v) is 3.54.